The maximum absolute atomic E-state index is 12.9. The van der Waals surface area contributed by atoms with Crippen LogP contribution in [0.25, 0.3) is 0 Å². The molecule has 0 aromatic heterocycles. The summed E-state index contributed by atoms with van der Waals surface area (Å²) in [6.07, 6.45) is 91.0. The lowest BCUT2D eigenvalue weighted by Crippen LogP contribution is -2.30. The Bertz CT molecular complexity index is 1590. The van der Waals surface area contributed by atoms with Gasteiger partial charge in [0.05, 0.1) is 0 Å². The highest BCUT2D eigenvalue weighted by Gasteiger charge is 2.19. The molecule has 6 heteroatoms. The smallest absolute Gasteiger partial charge is 0.306 e. The number of unbranched alkanes of at least 4 members (excludes halogenated alkanes) is 31. The molecule has 1 unspecified atom stereocenters. The van der Waals surface area contributed by atoms with Gasteiger partial charge in [-0.3, -0.25) is 14.4 Å². The second-order valence-corrected chi connectivity index (χ2v) is 22.0. The van der Waals surface area contributed by atoms with Crippen molar-refractivity contribution in [3.63, 3.8) is 0 Å². The maximum atomic E-state index is 12.9. The molecule has 0 saturated carbocycles. The molecule has 6 nitrogen and oxygen atoms in total. The third-order valence-electron chi connectivity index (χ3n) is 14.2. The Morgan fingerprint density at radius 3 is 0.823 bits per heavy atom. The van der Waals surface area contributed by atoms with Gasteiger partial charge in [-0.2, -0.15) is 0 Å². The van der Waals surface area contributed by atoms with Gasteiger partial charge in [0.1, 0.15) is 13.2 Å². The van der Waals surface area contributed by atoms with E-state index in [1.54, 1.807) is 0 Å². The largest absolute Gasteiger partial charge is 0.462 e. The van der Waals surface area contributed by atoms with Gasteiger partial charge in [-0.15, -0.1) is 0 Å². The number of esters is 3. The Kier molecular flexibility index (Phi) is 63.3. The van der Waals surface area contributed by atoms with Crippen molar-refractivity contribution in [1.29, 1.82) is 0 Å². The van der Waals surface area contributed by atoms with Crippen LogP contribution in [0, 0.1) is 0 Å². The molecule has 452 valence electrons. The molecular weight excluding hydrogens is 973 g/mol. The molecule has 0 fully saturated rings. The van der Waals surface area contributed by atoms with Gasteiger partial charge in [0.15, 0.2) is 6.10 Å². The van der Waals surface area contributed by atoms with Crippen molar-refractivity contribution in [1.82, 2.24) is 0 Å². The molecular formula is C73H124O6. The monoisotopic (exact) mass is 1100 g/mol. The van der Waals surface area contributed by atoms with Gasteiger partial charge in [0.2, 0.25) is 0 Å². The molecule has 0 aromatic rings. The van der Waals surface area contributed by atoms with Gasteiger partial charge in [-0.25, -0.2) is 0 Å². The standard InChI is InChI=1S/C73H124O6/c1-4-7-10-13-16-19-22-25-27-29-31-32-33-34-35-36-37-38-39-40-42-43-45-48-51-54-57-60-63-66-72(75)78-69-70(68-77-71(74)65-62-59-56-53-50-47-24-21-18-15-12-9-6-3)79-73(76)67-64-61-58-55-52-49-46-44-41-30-28-26-23-20-17-14-11-8-5-2/h8,11-12,15,17,20-22,24-26,28-29,31,33-34,41,44,70H,4-7,9-10,13-14,16,18-19,23,27,30,32,35-40,42-43,45-69H2,1-3H3/b11-8-,15-12-,20-17-,24-21-,25-22-,28-26-,31-29-,34-33-,44-41-. The fraction of sp³-hybridized carbons (Fsp3) is 0.712. The predicted molar refractivity (Wildman–Crippen MR) is 343 cm³/mol. The van der Waals surface area contributed by atoms with Gasteiger partial charge in [-0.05, 0) is 122 Å². The van der Waals surface area contributed by atoms with Crippen molar-refractivity contribution in [3.05, 3.63) is 109 Å². The molecule has 0 aliphatic heterocycles. The molecule has 79 heavy (non-hydrogen) atoms. The van der Waals surface area contributed by atoms with E-state index in [4.69, 9.17) is 14.2 Å². The first-order valence-electron chi connectivity index (χ1n) is 33.4. The molecule has 0 rings (SSSR count). The topological polar surface area (TPSA) is 78.9 Å². The van der Waals surface area contributed by atoms with E-state index in [0.29, 0.717) is 19.3 Å². The van der Waals surface area contributed by atoms with Gasteiger partial charge in [-0.1, -0.05) is 284 Å². The van der Waals surface area contributed by atoms with Crippen LogP contribution in [0.2, 0.25) is 0 Å². The van der Waals surface area contributed by atoms with Crippen LogP contribution < -0.4 is 0 Å². The first-order valence-corrected chi connectivity index (χ1v) is 33.4. The molecule has 0 aromatic carbocycles. The molecule has 0 saturated heterocycles. The normalized spacial score (nSPS) is 12.8. The van der Waals surface area contributed by atoms with Crippen molar-refractivity contribution >= 4 is 17.9 Å². The highest BCUT2D eigenvalue weighted by molar-refractivity contribution is 5.71. The summed E-state index contributed by atoms with van der Waals surface area (Å²) in [6, 6.07) is 0. The summed E-state index contributed by atoms with van der Waals surface area (Å²) in [5.41, 5.74) is 0. The van der Waals surface area contributed by atoms with Crippen LogP contribution in [0.3, 0.4) is 0 Å². The average Bonchev–Trinajstić information content (AvgIpc) is 3.45. The number of hydrogen-bond acceptors (Lipinski definition) is 6. The molecule has 1 atom stereocenters. The fourth-order valence-electron chi connectivity index (χ4n) is 9.24. The second-order valence-electron chi connectivity index (χ2n) is 22.0. The third-order valence-corrected chi connectivity index (χ3v) is 14.2. The van der Waals surface area contributed by atoms with E-state index in [1.165, 1.54) is 135 Å². The summed E-state index contributed by atoms with van der Waals surface area (Å²) in [5, 5.41) is 0. The molecule has 0 spiro atoms. The molecule has 0 radical (unpaired) electrons. The molecule has 0 N–H and O–H groups in total. The lowest BCUT2D eigenvalue weighted by atomic mass is 10.0. The minimum absolute atomic E-state index is 0.0888. The zero-order chi connectivity index (χ0) is 57.1. The van der Waals surface area contributed by atoms with E-state index in [1.807, 2.05) is 0 Å². The van der Waals surface area contributed by atoms with E-state index in [0.717, 1.165) is 141 Å². The van der Waals surface area contributed by atoms with E-state index < -0.39 is 6.10 Å². The third kappa shape index (κ3) is 64.8. The van der Waals surface area contributed by atoms with E-state index in [-0.39, 0.29) is 31.1 Å². The molecule has 0 amide bonds. The van der Waals surface area contributed by atoms with Crippen LogP contribution >= 0.6 is 0 Å². The highest BCUT2D eigenvalue weighted by Crippen LogP contribution is 2.16. The number of allylic oxidation sites excluding steroid dienone is 18. The number of hydrogen-bond donors (Lipinski definition) is 0. The Balaban J connectivity index is 4.28. The zero-order valence-electron chi connectivity index (χ0n) is 51.9. The van der Waals surface area contributed by atoms with Crippen LogP contribution in [0.15, 0.2) is 109 Å². The number of ether oxygens (including phenoxy) is 3. The van der Waals surface area contributed by atoms with Crippen LogP contribution in [-0.4, -0.2) is 37.2 Å². The Morgan fingerprint density at radius 1 is 0.266 bits per heavy atom. The minimum Gasteiger partial charge on any atom is -0.462 e. The molecule has 0 aliphatic rings. The van der Waals surface area contributed by atoms with Crippen molar-refractivity contribution in [2.75, 3.05) is 13.2 Å². The summed E-state index contributed by atoms with van der Waals surface area (Å²) in [7, 11) is 0. The van der Waals surface area contributed by atoms with Crippen LogP contribution in [0.5, 0.6) is 0 Å². The summed E-state index contributed by atoms with van der Waals surface area (Å²) >= 11 is 0. The van der Waals surface area contributed by atoms with Crippen LogP contribution in [0.1, 0.15) is 316 Å². The predicted octanol–water partition coefficient (Wildman–Crippen LogP) is 23.0. The van der Waals surface area contributed by atoms with E-state index >= 15 is 0 Å². The lowest BCUT2D eigenvalue weighted by Gasteiger charge is -2.18. The molecule has 0 heterocycles. The Labute approximate surface area is 489 Å². The first kappa shape index (κ1) is 75.1. The van der Waals surface area contributed by atoms with Gasteiger partial charge >= 0.3 is 17.9 Å². The van der Waals surface area contributed by atoms with E-state index in [2.05, 4.69) is 130 Å². The maximum Gasteiger partial charge on any atom is 0.306 e. The van der Waals surface area contributed by atoms with Gasteiger partial charge in [0.25, 0.3) is 0 Å². The SMILES string of the molecule is CC/C=C\C/C=C\C/C=C\C/C=C\CCCCCCCCC(=O)OC(COC(=O)CCCCCCC/C=C\C/C=C\CCC)COC(=O)CCCCCCCCCCCCCCCC/C=C\C/C=C\C/C=C\CCCCCCC. The van der Waals surface area contributed by atoms with E-state index in [9.17, 15) is 14.4 Å². The summed E-state index contributed by atoms with van der Waals surface area (Å²) < 4.78 is 16.9. The second kappa shape index (κ2) is 66.6. The number of rotatable bonds is 60. The van der Waals surface area contributed by atoms with Crippen molar-refractivity contribution < 1.29 is 28.6 Å². The lowest BCUT2D eigenvalue weighted by molar-refractivity contribution is -0.167. The Morgan fingerprint density at radius 2 is 0.519 bits per heavy atom. The van der Waals surface area contributed by atoms with Crippen LogP contribution in [0.4, 0.5) is 0 Å². The average molecular weight is 1100 g/mol. The summed E-state index contributed by atoms with van der Waals surface area (Å²) in [5.74, 6) is -0.910. The van der Waals surface area contributed by atoms with Gasteiger partial charge in [0, 0.05) is 19.3 Å². The highest BCUT2D eigenvalue weighted by atomic mass is 16.6. The summed E-state index contributed by atoms with van der Waals surface area (Å²) in [4.78, 5) is 38.3. The summed E-state index contributed by atoms with van der Waals surface area (Å²) in [6.45, 7) is 6.45. The number of carbonyl (C=O) groups is 3. The van der Waals surface area contributed by atoms with Gasteiger partial charge < -0.3 is 14.2 Å². The molecule has 0 bridgehead atoms. The molecule has 0 aliphatic carbocycles. The quantitative estimate of drug-likeness (QED) is 0.0261. The number of carbonyl (C=O) groups excluding carboxylic acids is 3. The minimum atomic E-state index is -0.795. The Hall–Kier alpha value is -3.93. The van der Waals surface area contributed by atoms with Crippen molar-refractivity contribution in [2.24, 2.45) is 0 Å². The first-order chi connectivity index (χ1) is 39.0. The zero-order valence-corrected chi connectivity index (χ0v) is 51.9. The van der Waals surface area contributed by atoms with Crippen LogP contribution in [-0.2, 0) is 28.6 Å². The fourth-order valence-corrected chi connectivity index (χ4v) is 9.24. The van der Waals surface area contributed by atoms with Crippen molar-refractivity contribution in [3.8, 4) is 0 Å². The van der Waals surface area contributed by atoms with Crippen molar-refractivity contribution in [2.45, 2.75) is 322 Å².